The summed E-state index contributed by atoms with van der Waals surface area (Å²) < 4.78 is 18.7. The summed E-state index contributed by atoms with van der Waals surface area (Å²) in [5.41, 5.74) is 0. The number of carbonyl (C=O) groups is 1. The van der Waals surface area contributed by atoms with Gasteiger partial charge in [-0.3, -0.25) is 4.79 Å². The van der Waals surface area contributed by atoms with Crippen molar-refractivity contribution in [3.63, 3.8) is 0 Å². The summed E-state index contributed by atoms with van der Waals surface area (Å²) in [6.45, 7) is 9.18. The molecule has 4 heteroatoms. The van der Waals surface area contributed by atoms with Crippen molar-refractivity contribution in [1.82, 2.24) is 0 Å². The fraction of sp³-hybridized carbons (Fsp3) is 0.966. The molecule has 0 aliphatic carbocycles. The molecule has 0 aromatic carbocycles. The van der Waals surface area contributed by atoms with Crippen molar-refractivity contribution in [2.75, 3.05) is 25.1 Å². The molecule has 0 aliphatic rings. The van der Waals surface area contributed by atoms with Gasteiger partial charge in [0.1, 0.15) is 0 Å². The van der Waals surface area contributed by atoms with E-state index in [-0.39, 0.29) is 11.9 Å². The van der Waals surface area contributed by atoms with Gasteiger partial charge in [0.25, 0.3) is 0 Å². The quantitative estimate of drug-likeness (QED) is 0.0732. The molecule has 0 rings (SSSR count). The van der Waals surface area contributed by atoms with Crippen LogP contribution in [0, 0.1) is 5.92 Å². The van der Waals surface area contributed by atoms with Crippen LogP contribution in [0.3, 0.4) is 0 Å². The molecular formula is C29H59O3P. The van der Waals surface area contributed by atoms with E-state index in [2.05, 4.69) is 27.7 Å². The third-order valence-corrected chi connectivity index (χ3v) is 10.5. The number of unbranched alkanes of at least 4 members (excludes halogenated alkanes) is 12. The number of rotatable bonds is 25. The van der Waals surface area contributed by atoms with Gasteiger partial charge in [0, 0.05) is 18.5 Å². The molecule has 198 valence electrons. The van der Waals surface area contributed by atoms with E-state index < -0.39 is 7.14 Å². The molecule has 1 atom stereocenters. The Bertz CT molecular complexity index is 467. The zero-order valence-corrected chi connectivity index (χ0v) is 23.9. The van der Waals surface area contributed by atoms with Crippen molar-refractivity contribution in [2.24, 2.45) is 5.92 Å². The van der Waals surface area contributed by atoms with E-state index in [0.29, 0.717) is 6.61 Å². The van der Waals surface area contributed by atoms with E-state index in [1.807, 2.05) is 0 Å². The SMILES string of the molecule is CCCCCCCCCCC(CCCCCCCC)C(=O)OCCCP(=O)(CCC)CCC. The Balaban J connectivity index is 4.35. The highest BCUT2D eigenvalue weighted by atomic mass is 31.2. The predicted octanol–water partition coefficient (Wildman–Crippen LogP) is 10.0. The van der Waals surface area contributed by atoms with Crippen molar-refractivity contribution >= 4 is 13.1 Å². The van der Waals surface area contributed by atoms with Gasteiger partial charge in [0.15, 0.2) is 0 Å². The lowest BCUT2D eigenvalue weighted by Crippen LogP contribution is -2.19. The lowest BCUT2D eigenvalue weighted by Gasteiger charge is -2.18. The second-order valence-electron chi connectivity index (χ2n) is 10.3. The van der Waals surface area contributed by atoms with Crippen LogP contribution in [0.1, 0.15) is 150 Å². The molecule has 0 radical (unpaired) electrons. The minimum Gasteiger partial charge on any atom is -0.465 e. The maximum atomic E-state index is 13.0. The first kappa shape index (κ1) is 32.7. The van der Waals surface area contributed by atoms with Gasteiger partial charge in [-0.15, -0.1) is 0 Å². The van der Waals surface area contributed by atoms with E-state index in [1.54, 1.807) is 0 Å². The standard InChI is InChI=1S/C29H59O3P/c1-5-9-11-13-15-16-18-20-23-28(22-19-17-14-12-10-6-2)29(30)32-24-21-27-33(31,25-7-3)26-8-4/h28H,5-27H2,1-4H3. The second kappa shape index (κ2) is 23.4. The van der Waals surface area contributed by atoms with Crippen molar-refractivity contribution in [2.45, 2.75) is 150 Å². The fourth-order valence-electron chi connectivity index (χ4n) is 4.87. The summed E-state index contributed by atoms with van der Waals surface area (Å²) in [5.74, 6) is 0.0710. The van der Waals surface area contributed by atoms with Crippen LogP contribution in [-0.2, 0) is 14.1 Å². The van der Waals surface area contributed by atoms with Crippen LogP contribution in [0.4, 0.5) is 0 Å². The van der Waals surface area contributed by atoms with Crippen molar-refractivity contribution in [1.29, 1.82) is 0 Å². The largest absolute Gasteiger partial charge is 0.465 e. The molecule has 0 bridgehead atoms. The van der Waals surface area contributed by atoms with Crippen LogP contribution < -0.4 is 0 Å². The van der Waals surface area contributed by atoms with Crippen molar-refractivity contribution in [3.8, 4) is 0 Å². The molecule has 3 nitrogen and oxygen atoms in total. The number of esters is 1. The fourth-order valence-corrected chi connectivity index (χ4v) is 7.88. The molecule has 0 aliphatic heterocycles. The van der Waals surface area contributed by atoms with Crippen LogP contribution in [0.5, 0.6) is 0 Å². The van der Waals surface area contributed by atoms with Gasteiger partial charge in [-0.25, -0.2) is 0 Å². The van der Waals surface area contributed by atoms with Gasteiger partial charge in [0.2, 0.25) is 0 Å². The van der Waals surface area contributed by atoms with Gasteiger partial charge in [-0.1, -0.05) is 118 Å². The zero-order chi connectivity index (χ0) is 24.6. The normalized spacial score (nSPS) is 12.7. The van der Waals surface area contributed by atoms with Gasteiger partial charge < -0.3 is 9.30 Å². The molecular weight excluding hydrogens is 427 g/mol. The Labute approximate surface area is 208 Å². The summed E-state index contributed by atoms with van der Waals surface area (Å²) in [6.07, 6.45) is 25.1. The van der Waals surface area contributed by atoms with E-state index in [1.165, 1.54) is 77.0 Å². The molecule has 0 spiro atoms. The Morgan fingerprint density at radius 1 is 0.576 bits per heavy atom. The monoisotopic (exact) mass is 486 g/mol. The second-order valence-corrected chi connectivity index (χ2v) is 13.7. The highest BCUT2D eigenvalue weighted by Crippen LogP contribution is 2.47. The van der Waals surface area contributed by atoms with Crippen LogP contribution in [0.2, 0.25) is 0 Å². The Morgan fingerprint density at radius 3 is 1.42 bits per heavy atom. The number of ether oxygens (including phenoxy) is 1. The summed E-state index contributed by atoms with van der Waals surface area (Å²) in [6, 6.07) is 0. The number of carbonyl (C=O) groups excluding carboxylic acids is 1. The summed E-state index contributed by atoms with van der Waals surface area (Å²) in [4.78, 5) is 12.8. The molecule has 33 heavy (non-hydrogen) atoms. The molecule has 0 saturated heterocycles. The summed E-state index contributed by atoms with van der Waals surface area (Å²) >= 11 is 0. The smallest absolute Gasteiger partial charge is 0.308 e. The Morgan fingerprint density at radius 2 is 1.00 bits per heavy atom. The molecule has 0 saturated carbocycles. The van der Waals surface area contributed by atoms with E-state index in [4.69, 9.17) is 4.74 Å². The molecule has 0 amide bonds. The summed E-state index contributed by atoms with van der Waals surface area (Å²) in [5, 5.41) is 0. The van der Waals surface area contributed by atoms with Crippen LogP contribution in [0.15, 0.2) is 0 Å². The van der Waals surface area contributed by atoms with E-state index in [0.717, 1.165) is 63.4 Å². The van der Waals surface area contributed by atoms with Gasteiger partial charge >= 0.3 is 5.97 Å². The minimum atomic E-state index is -2.06. The number of hydrogen-bond donors (Lipinski definition) is 0. The molecule has 0 aromatic heterocycles. The van der Waals surface area contributed by atoms with Crippen molar-refractivity contribution in [3.05, 3.63) is 0 Å². The third kappa shape index (κ3) is 19.7. The van der Waals surface area contributed by atoms with Gasteiger partial charge in [-0.2, -0.15) is 0 Å². The van der Waals surface area contributed by atoms with Gasteiger partial charge in [-0.05, 0) is 32.1 Å². The Kier molecular flexibility index (Phi) is 23.2. The molecule has 0 N–H and O–H groups in total. The maximum Gasteiger partial charge on any atom is 0.308 e. The molecule has 0 fully saturated rings. The van der Waals surface area contributed by atoms with Gasteiger partial charge in [0.05, 0.1) is 19.7 Å². The average molecular weight is 487 g/mol. The molecule has 1 unspecified atom stereocenters. The summed E-state index contributed by atoms with van der Waals surface area (Å²) in [7, 11) is -2.06. The van der Waals surface area contributed by atoms with E-state index in [9.17, 15) is 9.36 Å². The third-order valence-electron chi connectivity index (χ3n) is 6.86. The van der Waals surface area contributed by atoms with Crippen LogP contribution in [-0.4, -0.2) is 31.1 Å². The van der Waals surface area contributed by atoms with Crippen LogP contribution in [0.25, 0.3) is 0 Å². The average Bonchev–Trinajstić information content (AvgIpc) is 2.79. The maximum absolute atomic E-state index is 13.0. The molecule has 0 heterocycles. The zero-order valence-electron chi connectivity index (χ0n) is 23.0. The molecule has 0 aromatic rings. The topological polar surface area (TPSA) is 43.4 Å². The highest BCUT2D eigenvalue weighted by molar-refractivity contribution is 7.63. The van der Waals surface area contributed by atoms with Crippen LogP contribution >= 0.6 is 7.14 Å². The Hall–Kier alpha value is -0.300. The predicted molar refractivity (Wildman–Crippen MR) is 147 cm³/mol. The minimum absolute atomic E-state index is 0.00678. The highest BCUT2D eigenvalue weighted by Gasteiger charge is 2.22. The van der Waals surface area contributed by atoms with Crippen molar-refractivity contribution < 1.29 is 14.1 Å². The first-order valence-corrected chi connectivity index (χ1v) is 17.0. The van der Waals surface area contributed by atoms with E-state index >= 15 is 0 Å². The number of hydrogen-bond acceptors (Lipinski definition) is 3. The first-order chi connectivity index (χ1) is 16.0. The first-order valence-electron chi connectivity index (χ1n) is 14.8. The lowest BCUT2D eigenvalue weighted by molar-refractivity contribution is -0.149. The lowest BCUT2D eigenvalue weighted by atomic mass is 9.94.